The van der Waals surface area contributed by atoms with E-state index in [1.54, 1.807) is 14.1 Å². The Labute approximate surface area is 126 Å². The average Bonchev–Trinajstić information content (AvgIpc) is 2.32. The van der Waals surface area contributed by atoms with Gasteiger partial charge in [0, 0.05) is 26.9 Å². The monoisotopic (exact) mass is 300 g/mol. The van der Waals surface area contributed by atoms with Crippen LogP contribution in [0.1, 0.15) is 52.9 Å². The number of carbonyl (C=O) groups is 3. The summed E-state index contributed by atoms with van der Waals surface area (Å²) in [5.41, 5.74) is 0.0244. The number of nitrogens with one attached hydrogen (secondary N) is 1. The second-order valence-corrected chi connectivity index (χ2v) is 6.70. The van der Waals surface area contributed by atoms with E-state index >= 15 is 0 Å². The predicted molar refractivity (Wildman–Crippen MR) is 80.8 cm³/mol. The molecule has 0 spiro atoms. The van der Waals surface area contributed by atoms with Gasteiger partial charge < -0.3 is 15.3 Å². The van der Waals surface area contributed by atoms with E-state index in [2.05, 4.69) is 5.32 Å². The maximum absolute atomic E-state index is 11.7. The van der Waals surface area contributed by atoms with Gasteiger partial charge in [-0.2, -0.15) is 0 Å². The number of carboxylic acid groups (broad SMARTS) is 1. The predicted octanol–water partition coefficient (Wildman–Crippen LogP) is 1.64. The lowest BCUT2D eigenvalue weighted by Gasteiger charge is -2.21. The molecule has 0 aromatic rings. The van der Waals surface area contributed by atoms with Crippen molar-refractivity contribution in [1.82, 2.24) is 10.2 Å². The third-order valence-electron chi connectivity index (χ3n) is 3.11. The molecule has 0 aliphatic heterocycles. The molecule has 0 aromatic carbocycles. The minimum absolute atomic E-state index is 0.0244. The molecule has 0 radical (unpaired) electrons. The lowest BCUT2D eigenvalue weighted by Crippen LogP contribution is -2.41. The average molecular weight is 300 g/mol. The largest absolute Gasteiger partial charge is 0.480 e. The highest BCUT2D eigenvalue weighted by Crippen LogP contribution is 2.21. The van der Waals surface area contributed by atoms with Gasteiger partial charge in [-0.15, -0.1) is 0 Å². The summed E-state index contributed by atoms with van der Waals surface area (Å²) in [6.07, 6.45) is 2.00. The van der Waals surface area contributed by atoms with Crippen LogP contribution in [0.3, 0.4) is 0 Å². The second kappa shape index (κ2) is 8.64. The first kappa shape index (κ1) is 19.4. The number of carboxylic acids is 1. The number of hydrogen-bond acceptors (Lipinski definition) is 3. The summed E-state index contributed by atoms with van der Waals surface area (Å²) in [6, 6.07) is -0.860. The Bertz CT molecular complexity index is 372. The van der Waals surface area contributed by atoms with Crippen molar-refractivity contribution in [2.45, 2.75) is 58.9 Å². The zero-order valence-corrected chi connectivity index (χ0v) is 13.7. The maximum Gasteiger partial charge on any atom is 0.326 e. The Morgan fingerprint density at radius 3 is 2.14 bits per heavy atom. The summed E-state index contributed by atoms with van der Waals surface area (Å²) >= 11 is 0. The third kappa shape index (κ3) is 9.87. The third-order valence-corrected chi connectivity index (χ3v) is 3.11. The van der Waals surface area contributed by atoms with Gasteiger partial charge in [0.1, 0.15) is 6.04 Å². The second-order valence-electron chi connectivity index (χ2n) is 6.70. The van der Waals surface area contributed by atoms with Crippen molar-refractivity contribution in [3.8, 4) is 0 Å². The number of amides is 2. The fraction of sp³-hybridized carbons (Fsp3) is 0.800. The van der Waals surface area contributed by atoms with E-state index in [1.807, 2.05) is 20.8 Å². The highest BCUT2D eigenvalue weighted by Gasteiger charge is 2.22. The van der Waals surface area contributed by atoms with Crippen molar-refractivity contribution in [3.63, 3.8) is 0 Å². The van der Waals surface area contributed by atoms with Crippen molar-refractivity contribution < 1.29 is 19.5 Å². The number of carbonyl (C=O) groups excluding carboxylic acids is 2. The fourth-order valence-corrected chi connectivity index (χ4v) is 1.73. The molecular weight excluding hydrogens is 272 g/mol. The molecule has 0 aliphatic rings. The summed E-state index contributed by atoms with van der Waals surface area (Å²) in [4.78, 5) is 35.7. The van der Waals surface area contributed by atoms with E-state index in [0.717, 1.165) is 0 Å². The minimum Gasteiger partial charge on any atom is -0.480 e. The molecule has 0 aromatic heterocycles. The number of aliphatic carboxylic acids is 1. The van der Waals surface area contributed by atoms with E-state index in [9.17, 15) is 14.4 Å². The lowest BCUT2D eigenvalue weighted by molar-refractivity contribution is -0.142. The molecule has 122 valence electrons. The number of rotatable bonds is 8. The van der Waals surface area contributed by atoms with Gasteiger partial charge in [-0.05, 0) is 24.7 Å². The van der Waals surface area contributed by atoms with Crippen LogP contribution in [-0.2, 0) is 14.4 Å². The molecule has 0 bridgehead atoms. The molecule has 0 saturated heterocycles. The Hall–Kier alpha value is -1.59. The van der Waals surface area contributed by atoms with Gasteiger partial charge in [-0.25, -0.2) is 4.79 Å². The Kier molecular flexibility index (Phi) is 7.99. The Morgan fingerprint density at radius 1 is 1.14 bits per heavy atom. The molecule has 0 heterocycles. The zero-order valence-electron chi connectivity index (χ0n) is 13.7. The first-order valence-corrected chi connectivity index (χ1v) is 7.25. The van der Waals surface area contributed by atoms with Crippen molar-refractivity contribution in [1.29, 1.82) is 0 Å². The molecule has 1 atom stereocenters. The summed E-state index contributed by atoms with van der Waals surface area (Å²) in [5.74, 6) is -1.37. The Balaban J connectivity index is 4.18. The van der Waals surface area contributed by atoms with Crippen molar-refractivity contribution >= 4 is 17.8 Å². The lowest BCUT2D eigenvalue weighted by atomic mass is 9.88. The molecule has 1 unspecified atom stereocenters. The first-order valence-electron chi connectivity index (χ1n) is 7.25. The first-order chi connectivity index (χ1) is 9.53. The standard InChI is InChI=1S/C15H28N2O4/c1-15(2,3)10-9-11(14(20)21)16-12(18)7-6-8-13(19)17(4)5/h11H,6-10H2,1-5H3,(H,16,18)(H,20,21). The summed E-state index contributed by atoms with van der Waals surface area (Å²) in [5, 5.41) is 11.7. The number of nitrogens with zero attached hydrogens (tertiary/aromatic N) is 1. The molecule has 2 amide bonds. The van der Waals surface area contributed by atoms with Crippen molar-refractivity contribution in [2.24, 2.45) is 5.41 Å². The molecule has 6 nitrogen and oxygen atoms in total. The highest BCUT2D eigenvalue weighted by molar-refractivity contribution is 5.84. The van der Waals surface area contributed by atoms with Gasteiger partial charge >= 0.3 is 5.97 Å². The van der Waals surface area contributed by atoms with Crippen LogP contribution in [0.5, 0.6) is 0 Å². The molecule has 0 saturated carbocycles. The fourth-order valence-electron chi connectivity index (χ4n) is 1.73. The van der Waals surface area contributed by atoms with Crippen LogP contribution >= 0.6 is 0 Å². The molecule has 0 fully saturated rings. The van der Waals surface area contributed by atoms with Gasteiger partial charge in [-0.1, -0.05) is 20.8 Å². The molecule has 21 heavy (non-hydrogen) atoms. The van der Waals surface area contributed by atoms with Crippen LogP contribution in [0.2, 0.25) is 0 Å². The van der Waals surface area contributed by atoms with Gasteiger partial charge in [0.05, 0.1) is 0 Å². The van der Waals surface area contributed by atoms with Crippen LogP contribution in [-0.4, -0.2) is 47.9 Å². The van der Waals surface area contributed by atoms with E-state index in [4.69, 9.17) is 5.11 Å². The van der Waals surface area contributed by atoms with Crippen LogP contribution in [0.15, 0.2) is 0 Å². The normalized spacial score (nSPS) is 12.6. The molecular formula is C15H28N2O4. The topological polar surface area (TPSA) is 86.7 Å². The van der Waals surface area contributed by atoms with Gasteiger partial charge in [0.25, 0.3) is 0 Å². The quantitative estimate of drug-likeness (QED) is 0.713. The zero-order chi connectivity index (χ0) is 16.6. The van der Waals surface area contributed by atoms with E-state index in [-0.39, 0.29) is 23.7 Å². The van der Waals surface area contributed by atoms with Crippen LogP contribution in [0, 0.1) is 5.41 Å². The maximum atomic E-state index is 11.7. The van der Waals surface area contributed by atoms with E-state index in [1.165, 1.54) is 4.90 Å². The summed E-state index contributed by atoms with van der Waals surface area (Å²) < 4.78 is 0. The molecule has 6 heteroatoms. The van der Waals surface area contributed by atoms with Crippen molar-refractivity contribution in [3.05, 3.63) is 0 Å². The highest BCUT2D eigenvalue weighted by atomic mass is 16.4. The molecule has 2 N–H and O–H groups in total. The van der Waals surface area contributed by atoms with Gasteiger partial charge in [-0.3, -0.25) is 9.59 Å². The summed E-state index contributed by atoms with van der Waals surface area (Å²) in [6.45, 7) is 6.09. The Morgan fingerprint density at radius 2 is 1.71 bits per heavy atom. The molecule has 0 rings (SSSR count). The van der Waals surface area contributed by atoms with E-state index < -0.39 is 12.0 Å². The van der Waals surface area contributed by atoms with Crippen LogP contribution in [0.25, 0.3) is 0 Å². The SMILES string of the molecule is CN(C)C(=O)CCCC(=O)NC(CCC(C)(C)C)C(=O)O. The number of hydrogen-bond donors (Lipinski definition) is 2. The minimum atomic E-state index is -1.02. The smallest absolute Gasteiger partial charge is 0.326 e. The van der Waals surface area contributed by atoms with Crippen LogP contribution in [0.4, 0.5) is 0 Å². The molecule has 0 aliphatic carbocycles. The van der Waals surface area contributed by atoms with E-state index in [0.29, 0.717) is 25.7 Å². The van der Waals surface area contributed by atoms with Gasteiger partial charge in [0.2, 0.25) is 11.8 Å². The van der Waals surface area contributed by atoms with Gasteiger partial charge in [0.15, 0.2) is 0 Å². The van der Waals surface area contributed by atoms with Crippen molar-refractivity contribution in [2.75, 3.05) is 14.1 Å². The van der Waals surface area contributed by atoms with Crippen LogP contribution < -0.4 is 5.32 Å². The summed E-state index contributed by atoms with van der Waals surface area (Å²) in [7, 11) is 3.32.